The Balaban J connectivity index is 1.44. The summed E-state index contributed by atoms with van der Waals surface area (Å²) in [5.74, 6) is 1.57. The zero-order valence-electron chi connectivity index (χ0n) is 11.4. The van der Waals surface area contributed by atoms with Crippen molar-refractivity contribution < 1.29 is 9.53 Å². The molecule has 2 aromatic rings. The number of H-pyrrole nitrogens is 1. The van der Waals surface area contributed by atoms with Crippen molar-refractivity contribution in [3.05, 3.63) is 36.2 Å². The minimum atomic E-state index is -0.116. The molecule has 1 atom stereocenters. The monoisotopic (exact) mass is 304 g/mol. The minimum Gasteiger partial charge on any atom is -0.492 e. The number of fused-ring (bicyclic) bond motifs is 1. The van der Waals surface area contributed by atoms with E-state index in [-0.39, 0.29) is 11.8 Å². The second-order valence-corrected chi connectivity index (χ2v) is 5.83. The van der Waals surface area contributed by atoms with Crippen LogP contribution in [0.1, 0.15) is 5.56 Å². The number of nitrogens with zero attached hydrogens (tertiary/aromatic N) is 2. The maximum absolute atomic E-state index is 12.1. The van der Waals surface area contributed by atoms with Gasteiger partial charge in [-0.15, -0.1) is 0 Å². The quantitative estimate of drug-likeness (QED) is 0.642. The maximum Gasteiger partial charge on any atom is 0.226 e. The number of carbonyl (C=O) groups excluding carboxylic acids is 1. The fourth-order valence-corrected chi connectivity index (χ4v) is 2.86. The van der Waals surface area contributed by atoms with Crippen LogP contribution in [0.4, 0.5) is 0 Å². The molecule has 1 aliphatic rings. The number of hydrogen-bond donors (Lipinski definition) is 2. The fraction of sp³-hybridized carbons (Fsp3) is 0.357. The lowest BCUT2D eigenvalue weighted by Crippen LogP contribution is -2.38. The van der Waals surface area contributed by atoms with Crippen molar-refractivity contribution in [3.63, 3.8) is 0 Å². The van der Waals surface area contributed by atoms with Crippen molar-refractivity contribution in [2.75, 3.05) is 18.9 Å². The van der Waals surface area contributed by atoms with E-state index < -0.39 is 0 Å². The average Bonchev–Trinajstić information content (AvgIpc) is 3.04. The Hall–Kier alpha value is -2.02. The van der Waals surface area contributed by atoms with Crippen LogP contribution in [0.2, 0.25) is 0 Å². The molecule has 1 amide bonds. The molecule has 1 aromatic carbocycles. The van der Waals surface area contributed by atoms with Gasteiger partial charge in [0.15, 0.2) is 5.16 Å². The Morgan fingerprint density at radius 3 is 3.24 bits per heavy atom. The number of carbonyl (C=O) groups is 1. The van der Waals surface area contributed by atoms with Crippen LogP contribution in [0, 0.1) is 5.92 Å². The molecule has 0 saturated carbocycles. The van der Waals surface area contributed by atoms with Gasteiger partial charge in [-0.25, -0.2) is 4.98 Å². The van der Waals surface area contributed by atoms with E-state index in [1.165, 1.54) is 18.1 Å². The summed E-state index contributed by atoms with van der Waals surface area (Å²) in [5.41, 5.74) is 1.10. The summed E-state index contributed by atoms with van der Waals surface area (Å²) in [6, 6.07) is 7.86. The molecule has 110 valence electrons. The number of hydrogen-bond acceptors (Lipinski definition) is 5. The molecule has 21 heavy (non-hydrogen) atoms. The van der Waals surface area contributed by atoms with E-state index in [0.717, 1.165) is 28.6 Å². The first-order valence-electron chi connectivity index (χ1n) is 6.79. The zero-order chi connectivity index (χ0) is 14.5. The van der Waals surface area contributed by atoms with Gasteiger partial charge in [0, 0.05) is 12.3 Å². The number of aromatic amines is 1. The van der Waals surface area contributed by atoms with E-state index in [1.54, 1.807) is 0 Å². The summed E-state index contributed by atoms with van der Waals surface area (Å²) in [7, 11) is 0. The van der Waals surface area contributed by atoms with E-state index in [9.17, 15) is 4.79 Å². The summed E-state index contributed by atoms with van der Waals surface area (Å²) in [6.45, 7) is 1.04. The normalized spacial score (nSPS) is 16.9. The van der Waals surface area contributed by atoms with Crippen molar-refractivity contribution in [2.45, 2.75) is 11.6 Å². The maximum atomic E-state index is 12.1. The van der Waals surface area contributed by atoms with Crippen LogP contribution < -0.4 is 10.1 Å². The third kappa shape index (κ3) is 3.55. The van der Waals surface area contributed by atoms with Gasteiger partial charge in [0.05, 0.1) is 5.92 Å². The highest BCUT2D eigenvalue weighted by atomic mass is 32.2. The standard InChI is InChI=1S/C14H16N4O2S/c19-13(15-5-6-21-14-16-9-17-18-14)11-7-10-3-1-2-4-12(10)20-8-11/h1-4,9,11H,5-8H2,(H,15,19)(H,16,17,18)/t11-/m1/s1. The van der Waals surface area contributed by atoms with Crippen molar-refractivity contribution in [2.24, 2.45) is 5.92 Å². The molecule has 3 rings (SSSR count). The predicted molar refractivity (Wildman–Crippen MR) is 79.2 cm³/mol. The van der Waals surface area contributed by atoms with E-state index in [2.05, 4.69) is 20.5 Å². The summed E-state index contributed by atoms with van der Waals surface area (Å²) >= 11 is 1.53. The van der Waals surface area contributed by atoms with Crippen LogP contribution >= 0.6 is 11.8 Å². The van der Waals surface area contributed by atoms with Crippen molar-refractivity contribution in [1.82, 2.24) is 20.5 Å². The van der Waals surface area contributed by atoms with Crippen LogP contribution in [0.3, 0.4) is 0 Å². The first-order chi connectivity index (χ1) is 10.3. The molecule has 1 aliphatic heterocycles. The molecule has 1 aromatic heterocycles. The Morgan fingerprint density at radius 1 is 1.48 bits per heavy atom. The van der Waals surface area contributed by atoms with Gasteiger partial charge < -0.3 is 10.1 Å². The van der Waals surface area contributed by atoms with Gasteiger partial charge in [0.2, 0.25) is 5.91 Å². The predicted octanol–water partition coefficient (Wildman–Crippen LogP) is 1.26. The van der Waals surface area contributed by atoms with Gasteiger partial charge in [-0.1, -0.05) is 30.0 Å². The van der Waals surface area contributed by atoms with Gasteiger partial charge in [-0.2, -0.15) is 5.10 Å². The molecule has 0 spiro atoms. The number of rotatable bonds is 5. The van der Waals surface area contributed by atoms with Gasteiger partial charge in [-0.05, 0) is 18.1 Å². The minimum absolute atomic E-state index is 0.0441. The van der Waals surface area contributed by atoms with Crippen molar-refractivity contribution in [3.8, 4) is 5.75 Å². The van der Waals surface area contributed by atoms with Gasteiger partial charge in [-0.3, -0.25) is 9.89 Å². The third-order valence-corrected chi connectivity index (χ3v) is 4.16. The number of benzene rings is 1. The smallest absolute Gasteiger partial charge is 0.226 e. The van der Waals surface area contributed by atoms with Gasteiger partial charge in [0.25, 0.3) is 0 Å². The van der Waals surface area contributed by atoms with Crippen LogP contribution in [0.15, 0.2) is 35.7 Å². The zero-order valence-corrected chi connectivity index (χ0v) is 12.2. The number of thioether (sulfide) groups is 1. The molecule has 0 saturated heterocycles. The molecule has 2 N–H and O–H groups in total. The third-order valence-electron chi connectivity index (χ3n) is 3.28. The van der Waals surface area contributed by atoms with Crippen LogP contribution in [0.25, 0.3) is 0 Å². The molecular formula is C14H16N4O2S. The highest BCUT2D eigenvalue weighted by Crippen LogP contribution is 2.26. The van der Waals surface area contributed by atoms with Gasteiger partial charge >= 0.3 is 0 Å². The Kier molecular flexibility index (Phi) is 4.40. The summed E-state index contributed by atoms with van der Waals surface area (Å²) < 4.78 is 5.63. The van der Waals surface area contributed by atoms with E-state index in [1.807, 2.05) is 24.3 Å². The highest BCUT2D eigenvalue weighted by Gasteiger charge is 2.25. The summed E-state index contributed by atoms with van der Waals surface area (Å²) in [4.78, 5) is 16.1. The first-order valence-corrected chi connectivity index (χ1v) is 7.78. The van der Waals surface area contributed by atoms with E-state index >= 15 is 0 Å². The molecule has 6 nitrogen and oxygen atoms in total. The SMILES string of the molecule is O=C(NCCSc1ncn[nH]1)[C@H]1COc2ccccc2C1. The van der Waals surface area contributed by atoms with Crippen LogP contribution in [-0.4, -0.2) is 40.0 Å². The number of ether oxygens (including phenoxy) is 1. The van der Waals surface area contributed by atoms with E-state index in [0.29, 0.717) is 13.2 Å². The molecule has 0 bridgehead atoms. The molecular weight excluding hydrogens is 288 g/mol. The lowest BCUT2D eigenvalue weighted by atomic mass is 9.96. The molecule has 0 aliphatic carbocycles. The number of amides is 1. The lowest BCUT2D eigenvalue weighted by molar-refractivity contribution is -0.126. The topological polar surface area (TPSA) is 79.9 Å². The molecule has 0 unspecified atom stereocenters. The van der Waals surface area contributed by atoms with E-state index in [4.69, 9.17) is 4.74 Å². The Labute approximate surface area is 126 Å². The van der Waals surface area contributed by atoms with Crippen molar-refractivity contribution >= 4 is 17.7 Å². The summed E-state index contributed by atoms with van der Waals surface area (Å²) in [5, 5.41) is 10.2. The number of nitrogens with one attached hydrogen (secondary N) is 2. The number of aromatic nitrogens is 3. The Bertz CT molecular complexity index is 603. The van der Waals surface area contributed by atoms with Crippen molar-refractivity contribution in [1.29, 1.82) is 0 Å². The van der Waals surface area contributed by atoms with Crippen LogP contribution in [0.5, 0.6) is 5.75 Å². The second kappa shape index (κ2) is 6.62. The molecule has 2 heterocycles. The molecule has 0 fully saturated rings. The molecule has 7 heteroatoms. The highest BCUT2D eigenvalue weighted by molar-refractivity contribution is 7.99. The fourth-order valence-electron chi connectivity index (χ4n) is 2.23. The first kappa shape index (κ1) is 13.9. The number of para-hydroxylation sites is 1. The largest absolute Gasteiger partial charge is 0.492 e. The lowest BCUT2D eigenvalue weighted by Gasteiger charge is -2.24. The average molecular weight is 304 g/mol. The molecule has 0 radical (unpaired) electrons. The second-order valence-electron chi connectivity index (χ2n) is 4.75. The Morgan fingerprint density at radius 2 is 2.38 bits per heavy atom. The van der Waals surface area contributed by atoms with Gasteiger partial charge in [0.1, 0.15) is 18.7 Å². The van der Waals surface area contributed by atoms with Crippen LogP contribution in [-0.2, 0) is 11.2 Å². The summed E-state index contributed by atoms with van der Waals surface area (Å²) in [6.07, 6.45) is 2.20.